The van der Waals surface area contributed by atoms with E-state index in [1.54, 1.807) is 13.2 Å². The lowest BCUT2D eigenvalue weighted by Gasteiger charge is -2.25. The van der Waals surface area contributed by atoms with Gasteiger partial charge < -0.3 is 20.7 Å². The van der Waals surface area contributed by atoms with E-state index in [1.807, 2.05) is 24.3 Å². The minimum Gasteiger partial charge on any atom is -0.497 e. The van der Waals surface area contributed by atoms with Crippen LogP contribution >= 0.6 is 0 Å². The highest BCUT2D eigenvalue weighted by Crippen LogP contribution is 2.34. The Balaban J connectivity index is 1.54. The Kier molecular flexibility index (Phi) is 5.30. The van der Waals surface area contributed by atoms with Crippen molar-refractivity contribution in [3.63, 3.8) is 0 Å². The van der Waals surface area contributed by atoms with Crippen molar-refractivity contribution >= 4 is 17.5 Å². The standard InChI is InChI=1S/C22H25N3O3/c1-28-17-6-3-14(4-7-17)18-8-10-23-11-9-19(18)22(27)25-16-5-2-15-13-24-21(26)20(15)12-16/h2-7,12,18-19,23H,8-11,13H2,1H3,(H,24,26)(H,25,27)/t18-,19+/m1/s1. The average molecular weight is 379 g/mol. The Morgan fingerprint density at radius 2 is 1.89 bits per heavy atom. The Morgan fingerprint density at radius 1 is 1.11 bits per heavy atom. The highest BCUT2D eigenvalue weighted by molar-refractivity contribution is 6.00. The van der Waals surface area contributed by atoms with Crippen molar-refractivity contribution in [1.29, 1.82) is 0 Å². The minimum absolute atomic E-state index is 0.00266. The van der Waals surface area contributed by atoms with Crippen LogP contribution in [-0.2, 0) is 11.3 Å². The quantitative estimate of drug-likeness (QED) is 0.763. The highest BCUT2D eigenvalue weighted by atomic mass is 16.5. The number of ether oxygens (including phenoxy) is 1. The van der Waals surface area contributed by atoms with E-state index in [4.69, 9.17) is 4.74 Å². The third-order valence-corrected chi connectivity index (χ3v) is 5.69. The first-order chi connectivity index (χ1) is 13.7. The van der Waals surface area contributed by atoms with Crippen molar-refractivity contribution < 1.29 is 14.3 Å². The Labute approximate surface area is 164 Å². The molecule has 1 fully saturated rings. The van der Waals surface area contributed by atoms with Gasteiger partial charge in [0.25, 0.3) is 5.91 Å². The lowest BCUT2D eigenvalue weighted by Crippen LogP contribution is -2.28. The summed E-state index contributed by atoms with van der Waals surface area (Å²) in [7, 11) is 1.65. The number of nitrogens with one attached hydrogen (secondary N) is 3. The van der Waals surface area contributed by atoms with Gasteiger partial charge in [0.1, 0.15) is 5.75 Å². The summed E-state index contributed by atoms with van der Waals surface area (Å²) >= 11 is 0. The van der Waals surface area contributed by atoms with E-state index in [9.17, 15) is 9.59 Å². The molecule has 2 aliphatic heterocycles. The molecule has 0 unspecified atom stereocenters. The van der Waals surface area contributed by atoms with E-state index in [1.165, 1.54) is 0 Å². The summed E-state index contributed by atoms with van der Waals surface area (Å²) in [6, 6.07) is 13.5. The fraction of sp³-hybridized carbons (Fsp3) is 0.364. The number of carbonyl (C=O) groups is 2. The monoisotopic (exact) mass is 379 g/mol. The summed E-state index contributed by atoms with van der Waals surface area (Å²) in [4.78, 5) is 25.0. The number of hydrogen-bond acceptors (Lipinski definition) is 4. The van der Waals surface area contributed by atoms with Gasteiger partial charge in [0.05, 0.1) is 7.11 Å². The zero-order valence-electron chi connectivity index (χ0n) is 16.0. The maximum atomic E-state index is 13.1. The second kappa shape index (κ2) is 8.02. The van der Waals surface area contributed by atoms with Crippen LogP contribution in [0.2, 0.25) is 0 Å². The van der Waals surface area contributed by atoms with Gasteiger partial charge in [-0.1, -0.05) is 18.2 Å². The smallest absolute Gasteiger partial charge is 0.251 e. The molecule has 0 aromatic heterocycles. The number of hydrogen-bond donors (Lipinski definition) is 3. The molecular weight excluding hydrogens is 354 g/mol. The molecule has 28 heavy (non-hydrogen) atoms. The summed E-state index contributed by atoms with van der Waals surface area (Å²) in [6.07, 6.45) is 1.67. The maximum Gasteiger partial charge on any atom is 0.251 e. The SMILES string of the molecule is COc1ccc([C@H]2CCNCC[C@@H]2C(=O)Nc2ccc3c(c2)C(=O)NC3)cc1. The van der Waals surface area contributed by atoms with Crippen molar-refractivity contribution in [3.8, 4) is 5.75 Å². The Morgan fingerprint density at radius 3 is 2.68 bits per heavy atom. The maximum absolute atomic E-state index is 13.1. The summed E-state index contributed by atoms with van der Waals surface area (Å²) in [6.45, 7) is 2.26. The fourth-order valence-corrected chi connectivity index (χ4v) is 4.13. The molecule has 2 amide bonds. The van der Waals surface area contributed by atoms with Crippen molar-refractivity contribution in [3.05, 3.63) is 59.2 Å². The molecule has 6 nitrogen and oxygen atoms in total. The van der Waals surface area contributed by atoms with Crippen LogP contribution in [0.25, 0.3) is 0 Å². The predicted octanol–water partition coefficient (Wildman–Crippen LogP) is 2.66. The molecule has 1 saturated heterocycles. The Hall–Kier alpha value is -2.86. The fourth-order valence-electron chi connectivity index (χ4n) is 4.13. The van der Waals surface area contributed by atoms with Crippen LogP contribution in [-0.4, -0.2) is 32.0 Å². The van der Waals surface area contributed by atoms with Crippen molar-refractivity contribution in [1.82, 2.24) is 10.6 Å². The third kappa shape index (κ3) is 3.73. The summed E-state index contributed by atoms with van der Waals surface area (Å²) < 4.78 is 5.26. The molecule has 2 aromatic carbocycles. The van der Waals surface area contributed by atoms with E-state index in [0.717, 1.165) is 42.8 Å². The number of rotatable bonds is 4. The van der Waals surface area contributed by atoms with E-state index in [2.05, 4.69) is 28.1 Å². The van der Waals surface area contributed by atoms with Gasteiger partial charge in [-0.15, -0.1) is 0 Å². The summed E-state index contributed by atoms with van der Waals surface area (Å²) in [5.74, 6) is 0.737. The van der Waals surface area contributed by atoms with Crippen LogP contribution in [0.1, 0.15) is 40.2 Å². The second-order valence-corrected chi connectivity index (χ2v) is 7.36. The van der Waals surface area contributed by atoms with E-state index < -0.39 is 0 Å². The predicted molar refractivity (Wildman–Crippen MR) is 108 cm³/mol. The van der Waals surface area contributed by atoms with Gasteiger partial charge >= 0.3 is 0 Å². The molecule has 0 aliphatic carbocycles. The van der Waals surface area contributed by atoms with Crippen LogP contribution in [0.15, 0.2) is 42.5 Å². The largest absolute Gasteiger partial charge is 0.497 e. The average Bonchev–Trinajstić information content (AvgIpc) is 2.93. The number of anilines is 1. The molecule has 2 heterocycles. The molecule has 2 aliphatic rings. The molecule has 0 spiro atoms. The lowest BCUT2D eigenvalue weighted by atomic mass is 9.82. The van der Waals surface area contributed by atoms with Crippen LogP contribution in [0.4, 0.5) is 5.69 Å². The summed E-state index contributed by atoms with van der Waals surface area (Å²) in [5.41, 5.74) is 3.44. The van der Waals surface area contributed by atoms with Crippen LogP contribution < -0.4 is 20.7 Å². The molecule has 3 N–H and O–H groups in total. The van der Waals surface area contributed by atoms with Crippen LogP contribution in [0.3, 0.4) is 0 Å². The third-order valence-electron chi connectivity index (χ3n) is 5.69. The van der Waals surface area contributed by atoms with E-state index >= 15 is 0 Å². The number of methoxy groups -OCH3 is 1. The first kappa shape index (κ1) is 18.5. The highest BCUT2D eigenvalue weighted by Gasteiger charge is 2.31. The molecule has 2 atom stereocenters. The zero-order chi connectivity index (χ0) is 19.5. The molecule has 6 heteroatoms. The topological polar surface area (TPSA) is 79.5 Å². The minimum atomic E-state index is -0.134. The zero-order valence-corrected chi connectivity index (χ0v) is 16.0. The number of amides is 2. The van der Waals surface area contributed by atoms with Gasteiger partial charge in [-0.2, -0.15) is 0 Å². The first-order valence-corrected chi connectivity index (χ1v) is 9.72. The molecular formula is C22H25N3O3. The molecule has 0 radical (unpaired) electrons. The number of benzene rings is 2. The van der Waals surface area contributed by atoms with E-state index in [-0.39, 0.29) is 23.7 Å². The molecule has 4 rings (SSSR count). The van der Waals surface area contributed by atoms with Gasteiger partial charge in [0.2, 0.25) is 5.91 Å². The van der Waals surface area contributed by atoms with Crippen molar-refractivity contribution in [2.45, 2.75) is 25.3 Å². The molecule has 0 saturated carbocycles. The number of fused-ring (bicyclic) bond motifs is 1. The Bertz CT molecular complexity index is 879. The van der Waals surface area contributed by atoms with Crippen LogP contribution in [0.5, 0.6) is 5.75 Å². The number of carbonyl (C=O) groups excluding carboxylic acids is 2. The van der Waals surface area contributed by atoms with Crippen molar-refractivity contribution in [2.75, 3.05) is 25.5 Å². The molecule has 2 aromatic rings. The normalized spacial score (nSPS) is 21.4. The summed E-state index contributed by atoms with van der Waals surface area (Å²) in [5, 5.41) is 9.25. The van der Waals surface area contributed by atoms with Gasteiger partial charge in [-0.3, -0.25) is 9.59 Å². The van der Waals surface area contributed by atoms with Gasteiger partial charge in [0, 0.05) is 23.7 Å². The first-order valence-electron chi connectivity index (χ1n) is 9.72. The van der Waals surface area contributed by atoms with E-state index in [0.29, 0.717) is 17.8 Å². The van der Waals surface area contributed by atoms with Crippen LogP contribution in [0, 0.1) is 5.92 Å². The molecule has 146 valence electrons. The second-order valence-electron chi connectivity index (χ2n) is 7.36. The van der Waals surface area contributed by atoms with Gasteiger partial charge in [0.15, 0.2) is 0 Å². The lowest BCUT2D eigenvalue weighted by molar-refractivity contribution is -0.120. The van der Waals surface area contributed by atoms with Gasteiger partial charge in [-0.05, 0) is 67.2 Å². The van der Waals surface area contributed by atoms with Gasteiger partial charge in [-0.25, -0.2) is 0 Å². The van der Waals surface area contributed by atoms with Crippen molar-refractivity contribution in [2.24, 2.45) is 5.92 Å². The molecule has 0 bridgehead atoms.